The SMILES string of the molecule is Cc1nc(C)c(C(=O)NCC(O)c2ccco2)s1. The standard InChI is InChI=1S/C12H14N2O3S/c1-7-11(18-8(2)14-7)12(16)13-6-9(15)10-4-3-5-17-10/h3-5,9,15H,6H2,1-2H3,(H,13,16). The molecule has 0 radical (unpaired) electrons. The third-order valence-corrected chi connectivity index (χ3v) is 3.51. The van der Waals surface area contributed by atoms with Crippen molar-refractivity contribution in [2.75, 3.05) is 6.54 Å². The molecule has 0 fully saturated rings. The van der Waals surface area contributed by atoms with E-state index in [-0.39, 0.29) is 12.5 Å². The van der Waals surface area contributed by atoms with E-state index in [1.165, 1.54) is 17.6 Å². The lowest BCUT2D eigenvalue weighted by Gasteiger charge is -2.08. The number of amides is 1. The molecule has 6 heteroatoms. The highest BCUT2D eigenvalue weighted by Gasteiger charge is 2.16. The Balaban J connectivity index is 1.94. The molecule has 0 bridgehead atoms. The summed E-state index contributed by atoms with van der Waals surface area (Å²) in [5, 5.41) is 13.3. The van der Waals surface area contributed by atoms with Crippen LogP contribution in [0.2, 0.25) is 0 Å². The number of aryl methyl sites for hydroxylation is 2. The summed E-state index contributed by atoms with van der Waals surface area (Å²) in [5.41, 5.74) is 0.711. The number of nitrogens with zero attached hydrogens (tertiary/aromatic N) is 1. The third kappa shape index (κ3) is 2.77. The zero-order valence-corrected chi connectivity index (χ0v) is 11.0. The van der Waals surface area contributed by atoms with Gasteiger partial charge in [-0.3, -0.25) is 4.79 Å². The number of nitrogens with one attached hydrogen (secondary N) is 1. The minimum Gasteiger partial charge on any atom is -0.467 e. The molecule has 1 amide bonds. The topological polar surface area (TPSA) is 75.4 Å². The van der Waals surface area contributed by atoms with Crippen LogP contribution in [0.15, 0.2) is 22.8 Å². The van der Waals surface area contributed by atoms with Crippen LogP contribution in [0.3, 0.4) is 0 Å². The van der Waals surface area contributed by atoms with Gasteiger partial charge in [0, 0.05) is 0 Å². The van der Waals surface area contributed by atoms with E-state index >= 15 is 0 Å². The highest BCUT2D eigenvalue weighted by atomic mass is 32.1. The summed E-state index contributed by atoms with van der Waals surface area (Å²) in [6.45, 7) is 3.76. The Morgan fingerprint density at radius 1 is 1.61 bits per heavy atom. The lowest BCUT2D eigenvalue weighted by Crippen LogP contribution is -2.28. The number of furan rings is 1. The molecule has 2 heterocycles. The van der Waals surface area contributed by atoms with Crippen LogP contribution in [-0.2, 0) is 0 Å². The van der Waals surface area contributed by atoms with Crippen LogP contribution in [0, 0.1) is 13.8 Å². The van der Waals surface area contributed by atoms with E-state index in [2.05, 4.69) is 10.3 Å². The minimum absolute atomic E-state index is 0.114. The summed E-state index contributed by atoms with van der Waals surface area (Å²) in [6, 6.07) is 3.36. The molecule has 0 aliphatic rings. The number of aliphatic hydroxyl groups is 1. The van der Waals surface area contributed by atoms with Crippen LogP contribution < -0.4 is 5.32 Å². The van der Waals surface area contributed by atoms with Crippen molar-refractivity contribution in [3.05, 3.63) is 39.7 Å². The maximum atomic E-state index is 11.9. The Kier molecular flexibility index (Phi) is 3.78. The number of hydrogen-bond acceptors (Lipinski definition) is 5. The Morgan fingerprint density at radius 3 is 2.94 bits per heavy atom. The van der Waals surface area contributed by atoms with E-state index in [1.807, 2.05) is 6.92 Å². The van der Waals surface area contributed by atoms with Crippen molar-refractivity contribution >= 4 is 17.2 Å². The molecule has 2 rings (SSSR count). The molecule has 96 valence electrons. The van der Waals surface area contributed by atoms with E-state index < -0.39 is 6.10 Å². The van der Waals surface area contributed by atoms with Crippen molar-refractivity contribution < 1.29 is 14.3 Å². The number of hydrogen-bond donors (Lipinski definition) is 2. The lowest BCUT2D eigenvalue weighted by molar-refractivity contribution is 0.0904. The van der Waals surface area contributed by atoms with Gasteiger partial charge in [-0.2, -0.15) is 0 Å². The first-order valence-corrected chi connectivity index (χ1v) is 6.33. The van der Waals surface area contributed by atoms with E-state index in [9.17, 15) is 9.90 Å². The van der Waals surface area contributed by atoms with Crippen LogP contribution in [0.25, 0.3) is 0 Å². The van der Waals surface area contributed by atoms with Gasteiger partial charge in [0.05, 0.1) is 23.5 Å². The summed E-state index contributed by atoms with van der Waals surface area (Å²) in [4.78, 5) is 16.6. The van der Waals surface area contributed by atoms with Gasteiger partial charge in [0.1, 0.15) is 16.7 Å². The van der Waals surface area contributed by atoms with Crippen molar-refractivity contribution in [3.8, 4) is 0 Å². The monoisotopic (exact) mass is 266 g/mol. The van der Waals surface area contributed by atoms with Crippen molar-refractivity contribution in [3.63, 3.8) is 0 Å². The van der Waals surface area contributed by atoms with Gasteiger partial charge in [-0.25, -0.2) is 4.98 Å². The molecule has 0 spiro atoms. The third-order valence-electron chi connectivity index (χ3n) is 2.44. The van der Waals surface area contributed by atoms with E-state index in [0.29, 0.717) is 16.3 Å². The molecule has 0 aromatic carbocycles. The first-order chi connectivity index (χ1) is 8.58. The number of thiazole rings is 1. The molecule has 0 aliphatic carbocycles. The highest BCUT2D eigenvalue weighted by molar-refractivity contribution is 7.13. The van der Waals surface area contributed by atoms with Gasteiger partial charge in [0.2, 0.25) is 0 Å². The first kappa shape index (κ1) is 12.8. The van der Waals surface area contributed by atoms with Crippen molar-refractivity contribution in [2.45, 2.75) is 20.0 Å². The number of rotatable bonds is 4. The Bertz CT molecular complexity index is 534. The molecule has 1 unspecified atom stereocenters. The van der Waals surface area contributed by atoms with Gasteiger partial charge in [-0.05, 0) is 26.0 Å². The van der Waals surface area contributed by atoms with E-state index in [4.69, 9.17) is 4.42 Å². The maximum absolute atomic E-state index is 11.9. The zero-order valence-electron chi connectivity index (χ0n) is 10.1. The second-order valence-electron chi connectivity index (χ2n) is 3.89. The number of aliphatic hydroxyl groups excluding tert-OH is 1. The molecule has 0 aliphatic heterocycles. The van der Waals surface area contributed by atoms with Crippen LogP contribution in [0.1, 0.15) is 32.2 Å². The largest absolute Gasteiger partial charge is 0.467 e. The Labute approximate surface area is 108 Å². The predicted octanol–water partition coefficient (Wildman–Crippen LogP) is 1.82. The fourth-order valence-corrected chi connectivity index (χ4v) is 2.43. The van der Waals surface area contributed by atoms with E-state index in [0.717, 1.165) is 5.01 Å². The minimum atomic E-state index is -0.835. The van der Waals surface area contributed by atoms with Crippen LogP contribution >= 0.6 is 11.3 Å². The van der Waals surface area contributed by atoms with Gasteiger partial charge in [-0.15, -0.1) is 11.3 Å². The molecule has 1 atom stereocenters. The molecule has 18 heavy (non-hydrogen) atoms. The quantitative estimate of drug-likeness (QED) is 0.885. The predicted molar refractivity (Wildman–Crippen MR) is 67.6 cm³/mol. The summed E-state index contributed by atoms with van der Waals surface area (Å²) < 4.78 is 5.05. The first-order valence-electron chi connectivity index (χ1n) is 5.51. The summed E-state index contributed by atoms with van der Waals surface area (Å²) >= 11 is 1.34. The fourth-order valence-electron chi connectivity index (χ4n) is 1.59. The number of carbonyl (C=O) groups excluding carboxylic acids is 1. The summed E-state index contributed by atoms with van der Waals surface area (Å²) in [6.07, 6.45) is 0.648. The average molecular weight is 266 g/mol. The summed E-state index contributed by atoms with van der Waals surface area (Å²) in [5.74, 6) is 0.219. The molecular weight excluding hydrogens is 252 g/mol. The Morgan fingerprint density at radius 2 is 2.39 bits per heavy atom. The second kappa shape index (κ2) is 5.32. The van der Waals surface area contributed by atoms with Crippen molar-refractivity contribution in [2.24, 2.45) is 0 Å². The van der Waals surface area contributed by atoms with Crippen LogP contribution in [-0.4, -0.2) is 22.5 Å². The highest BCUT2D eigenvalue weighted by Crippen LogP contribution is 2.17. The zero-order chi connectivity index (χ0) is 13.1. The molecule has 2 aromatic heterocycles. The van der Waals surface area contributed by atoms with Crippen LogP contribution in [0.4, 0.5) is 0 Å². The number of carbonyl (C=O) groups is 1. The smallest absolute Gasteiger partial charge is 0.263 e. The fraction of sp³-hybridized carbons (Fsp3) is 0.333. The molecular formula is C12H14N2O3S. The molecule has 0 saturated heterocycles. The van der Waals surface area contributed by atoms with Crippen molar-refractivity contribution in [1.29, 1.82) is 0 Å². The molecule has 0 saturated carbocycles. The Hall–Kier alpha value is -1.66. The van der Waals surface area contributed by atoms with Gasteiger partial charge < -0.3 is 14.8 Å². The molecule has 5 nitrogen and oxygen atoms in total. The van der Waals surface area contributed by atoms with E-state index in [1.54, 1.807) is 19.1 Å². The van der Waals surface area contributed by atoms with Gasteiger partial charge in [0.25, 0.3) is 5.91 Å². The van der Waals surface area contributed by atoms with Crippen LogP contribution in [0.5, 0.6) is 0 Å². The summed E-state index contributed by atoms with van der Waals surface area (Å²) in [7, 11) is 0. The lowest BCUT2D eigenvalue weighted by atomic mass is 10.2. The maximum Gasteiger partial charge on any atom is 0.263 e. The average Bonchev–Trinajstić information content (AvgIpc) is 2.95. The molecule has 2 N–H and O–H groups in total. The normalized spacial score (nSPS) is 12.4. The van der Waals surface area contributed by atoms with Gasteiger partial charge in [0.15, 0.2) is 0 Å². The van der Waals surface area contributed by atoms with Gasteiger partial charge >= 0.3 is 0 Å². The van der Waals surface area contributed by atoms with Gasteiger partial charge in [-0.1, -0.05) is 0 Å². The second-order valence-corrected chi connectivity index (χ2v) is 5.09. The number of aromatic nitrogens is 1. The van der Waals surface area contributed by atoms with Crippen molar-refractivity contribution in [1.82, 2.24) is 10.3 Å². The molecule has 2 aromatic rings.